The van der Waals surface area contributed by atoms with Gasteiger partial charge < -0.3 is 4.43 Å². The second-order valence-electron chi connectivity index (χ2n) is 6.02. The molecular weight excluding hydrogens is 236 g/mol. The number of hydrogen-bond donors (Lipinski definition) is 0. The van der Waals surface area contributed by atoms with E-state index in [0.29, 0.717) is 5.92 Å². The average Bonchev–Trinajstić information content (AvgIpc) is 2.13. The van der Waals surface area contributed by atoms with Crippen LogP contribution in [0.3, 0.4) is 0 Å². The van der Waals surface area contributed by atoms with Gasteiger partial charge in [-0.05, 0) is 30.5 Å². The minimum absolute atomic E-state index is 0.283. The van der Waals surface area contributed by atoms with Crippen molar-refractivity contribution < 1.29 is 4.43 Å². The molecule has 0 rings (SSSR count). The van der Waals surface area contributed by atoms with E-state index >= 15 is 0 Å². The molecule has 0 N–H and O–H groups in total. The molecule has 0 aromatic heterocycles. The van der Waals surface area contributed by atoms with Gasteiger partial charge in [0.05, 0.1) is 0 Å². The first-order chi connectivity index (χ1) is 7.10. The van der Waals surface area contributed by atoms with Gasteiger partial charge >= 0.3 is 0 Å². The van der Waals surface area contributed by atoms with Crippen LogP contribution in [0.5, 0.6) is 0 Å². The summed E-state index contributed by atoms with van der Waals surface area (Å²) in [5.41, 5.74) is 0. The standard InChI is InChI=1S/C13H27ClOSi/c1-8-12(14)9-11(2)10-15-16(6,7)13(3,4)5/h9,11H,8,10H2,1-7H3/b12-9-/t11-/m0/s1. The molecule has 0 amide bonds. The van der Waals surface area contributed by atoms with E-state index < -0.39 is 8.32 Å². The lowest BCUT2D eigenvalue weighted by atomic mass is 10.2. The van der Waals surface area contributed by atoms with Gasteiger partial charge in [-0.2, -0.15) is 0 Å². The van der Waals surface area contributed by atoms with E-state index in [1.165, 1.54) is 0 Å². The van der Waals surface area contributed by atoms with Crippen molar-refractivity contribution in [3.8, 4) is 0 Å². The fourth-order valence-electron chi connectivity index (χ4n) is 1.03. The molecule has 0 saturated carbocycles. The molecule has 0 radical (unpaired) electrons. The fourth-order valence-corrected chi connectivity index (χ4v) is 2.36. The molecule has 3 heteroatoms. The van der Waals surface area contributed by atoms with Crippen molar-refractivity contribution in [1.29, 1.82) is 0 Å². The summed E-state index contributed by atoms with van der Waals surface area (Å²) in [7, 11) is -1.60. The monoisotopic (exact) mass is 262 g/mol. The molecule has 0 fully saturated rings. The summed E-state index contributed by atoms with van der Waals surface area (Å²) in [5.74, 6) is 0.404. The summed E-state index contributed by atoms with van der Waals surface area (Å²) in [5, 5.41) is 1.22. The Hall–Kier alpha value is 0.207. The molecule has 1 nitrogen and oxygen atoms in total. The Kier molecular flexibility index (Phi) is 6.30. The lowest BCUT2D eigenvalue weighted by Crippen LogP contribution is -2.41. The quantitative estimate of drug-likeness (QED) is 0.621. The predicted octanol–water partition coefficient (Wildman–Crippen LogP) is 5.18. The second kappa shape index (κ2) is 6.22. The number of hydrogen-bond acceptors (Lipinski definition) is 1. The third-order valence-electron chi connectivity index (χ3n) is 3.32. The molecular formula is C13H27ClOSi. The van der Waals surface area contributed by atoms with Crippen LogP contribution in [-0.2, 0) is 4.43 Å². The first-order valence-corrected chi connectivity index (χ1v) is 9.39. The summed E-state index contributed by atoms with van der Waals surface area (Å²) in [6.07, 6.45) is 3.01. The van der Waals surface area contributed by atoms with Crippen LogP contribution < -0.4 is 0 Å². The SMILES string of the molecule is CC/C(Cl)=C/[C@H](C)CO[Si](C)(C)C(C)(C)C. The van der Waals surface area contributed by atoms with Crippen LogP contribution in [0.1, 0.15) is 41.0 Å². The maximum absolute atomic E-state index is 6.14. The smallest absolute Gasteiger partial charge is 0.192 e. The summed E-state index contributed by atoms with van der Waals surface area (Å²) >= 11 is 6.02. The van der Waals surface area contributed by atoms with Gasteiger partial charge in [0.1, 0.15) is 0 Å². The zero-order chi connectivity index (χ0) is 13.0. The molecule has 0 saturated heterocycles. The Bertz CT molecular complexity index is 241. The summed E-state index contributed by atoms with van der Waals surface area (Å²) in [6.45, 7) is 16.4. The van der Waals surface area contributed by atoms with E-state index in [1.807, 2.05) is 0 Å². The summed E-state index contributed by atoms with van der Waals surface area (Å²) in [6, 6.07) is 0. The third-order valence-corrected chi connectivity index (χ3v) is 8.21. The Morgan fingerprint density at radius 1 is 1.38 bits per heavy atom. The molecule has 0 unspecified atom stereocenters. The zero-order valence-corrected chi connectivity index (χ0v) is 13.6. The van der Waals surface area contributed by atoms with Crippen molar-refractivity contribution in [1.82, 2.24) is 0 Å². The molecule has 0 aliphatic heterocycles. The van der Waals surface area contributed by atoms with Crippen LogP contribution in [0.4, 0.5) is 0 Å². The second-order valence-corrected chi connectivity index (χ2v) is 11.3. The molecule has 0 aliphatic rings. The van der Waals surface area contributed by atoms with Gasteiger partial charge in [0.2, 0.25) is 0 Å². The van der Waals surface area contributed by atoms with Crippen molar-refractivity contribution >= 4 is 19.9 Å². The lowest BCUT2D eigenvalue weighted by Gasteiger charge is -2.36. The van der Waals surface area contributed by atoms with E-state index in [0.717, 1.165) is 18.1 Å². The maximum atomic E-state index is 6.14. The van der Waals surface area contributed by atoms with E-state index in [1.54, 1.807) is 0 Å². The van der Waals surface area contributed by atoms with Crippen molar-refractivity contribution in [2.24, 2.45) is 5.92 Å². The van der Waals surface area contributed by atoms with Gasteiger partial charge in [-0.25, -0.2) is 0 Å². The fraction of sp³-hybridized carbons (Fsp3) is 0.846. The van der Waals surface area contributed by atoms with Gasteiger partial charge in [0, 0.05) is 11.6 Å². The van der Waals surface area contributed by atoms with Gasteiger partial charge in [-0.1, -0.05) is 52.3 Å². The normalized spacial score (nSPS) is 16.4. The molecule has 16 heavy (non-hydrogen) atoms. The molecule has 0 heterocycles. The predicted molar refractivity (Wildman–Crippen MR) is 76.5 cm³/mol. The van der Waals surface area contributed by atoms with E-state index in [4.69, 9.17) is 16.0 Å². The van der Waals surface area contributed by atoms with Crippen molar-refractivity contribution in [2.75, 3.05) is 6.61 Å². The minimum Gasteiger partial charge on any atom is -0.416 e. The highest BCUT2D eigenvalue weighted by atomic mass is 35.5. The first-order valence-electron chi connectivity index (χ1n) is 6.10. The molecule has 0 aliphatic carbocycles. The topological polar surface area (TPSA) is 9.23 Å². The minimum atomic E-state index is -1.60. The van der Waals surface area contributed by atoms with Crippen molar-refractivity contribution in [3.05, 3.63) is 11.1 Å². The van der Waals surface area contributed by atoms with Crippen LogP contribution in [0.25, 0.3) is 0 Å². The largest absolute Gasteiger partial charge is 0.416 e. The van der Waals surface area contributed by atoms with Gasteiger partial charge in [0.25, 0.3) is 0 Å². The van der Waals surface area contributed by atoms with Crippen LogP contribution in [0.2, 0.25) is 18.1 Å². The zero-order valence-electron chi connectivity index (χ0n) is 11.9. The number of rotatable bonds is 5. The lowest BCUT2D eigenvalue weighted by molar-refractivity contribution is 0.259. The first kappa shape index (κ1) is 16.2. The molecule has 0 aromatic carbocycles. The van der Waals surface area contributed by atoms with Gasteiger partial charge in [0.15, 0.2) is 8.32 Å². The van der Waals surface area contributed by atoms with Crippen LogP contribution in [0.15, 0.2) is 11.1 Å². The van der Waals surface area contributed by atoms with E-state index in [9.17, 15) is 0 Å². The highest BCUT2D eigenvalue weighted by Gasteiger charge is 2.37. The summed E-state index contributed by atoms with van der Waals surface area (Å²) in [4.78, 5) is 0. The highest BCUT2D eigenvalue weighted by molar-refractivity contribution is 6.74. The molecule has 0 spiro atoms. The summed E-state index contributed by atoms with van der Waals surface area (Å²) < 4.78 is 6.14. The highest BCUT2D eigenvalue weighted by Crippen LogP contribution is 2.36. The Labute approximate surface area is 107 Å². The van der Waals surface area contributed by atoms with E-state index in [2.05, 4.69) is 53.8 Å². The van der Waals surface area contributed by atoms with Crippen molar-refractivity contribution in [2.45, 2.75) is 59.2 Å². The molecule has 96 valence electrons. The van der Waals surface area contributed by atoms with E-state index in [-0.39, 0.29) is 5.04 Å². The average molecular weight is 263 g/mol. The van der Waals surface area contributed by atoms with Gasteiger partial charge in [-0.15, -0.1) is 0 Å². The van der Waals surface area contributed by atoms with Gasteiger partial charge in [-0.3, -0.25) is 0 Å². The molecule has 0 aromatic rings. The molecule has 0 bridgehead atoms. The van der Waals surface area contributed by atoms with Crippen LogP contribution in [-0.4, -0.2) is 14.9 Å². The molecule has 1 atom stereocenters. The number of allylic oxidation sites excluding steroid dienone is 1. The number of halogens is 1. The Balaban J connectivity index is 4.26. The Morgan fingerprint density at radius 3 is 2.25 bits per heavy atom. The van der Waals surface area contributed by atoms with Crippen LogP contribution in [0, 0.1) is 5.92 Å². The van der Waals surface area contributed by atoms with Crippen molar-refractivity contribution in [3.63, 3.8) is 0 Å². The van der Waals surface area contributed by atoms with Crippen LogP contribution >= 0.6 is 11.6 Å². The third kappa shape index (κ3) is 5.51. The Morgan fingerprint density at radius 2 is 1.88 bits per heavy atom. The maximum Gasteiger partial charge on any atom is 0.192 e.